The monoisotopic (exact) mass is 620 g/mol. The summed E-state index contributed by atoms with van der Waals surface area (Å²) in [5, 5.41) is 87.0. The van der Waals surface area contributed by atoms with Crippen LogP contribution in [0.3, 0.4) is 0 Å². The minimum Gasteiger partial charge on any atom is -0.288 e. The molecule has 0 aliphatic heterocycles. The Bertz CT molecular complexity index is 905. The van der Waals surface area contributed by atoms with E-state index < -0.39 is 95.4 Å². The molecule has 0 aromatic carbocycles. The SMILES string of the molecule is CC(COC(OCC(F)([N+](=O)[O-])[N+](=O)[O-])(OCC(F)([N+](=O)[O-])[N+](=O)[O-])OCC(F)([N+](=O)[O-])[N+](=O)[O-])([N+](=O)[O-])[N+](=O)[O-]. The molecule has 0 rings (SSSR count). The number of halogens is 3. The van der Waals surface area contributed by atoms with Gasteiger partial charge in [-0.3, -0.25) is 99.9 Å². The highest BCUT2D eigenvalue weighted by Crippen LogP contribution is 2.29. The Morgan fingerprint density at radius 1 is 0.439 bits per heavy atom. The highest BCUT2D eigenvalue weighted by molar-refractivity contribution is 4.63. The van der Waals surface area contributed by atoms with Gasteiger partial charge in [-0.25, -0.2) is 0 Å². The lowest BCUT2D eigenvalue weighted by Gasteiger charge is -2.31. The number of ether oxygens (including phenoxy) is 4. The first-order valence-electron chi connectivity index (χ1n) is 9.16. The van der Waals surface area contributed by atoms with Gasteiger partial charge in [0.2, 0.25) is 19.8 Å². The number of nitro groups is 8. The van der Waals surface area contributed by atoms with Crippen LogP contribution < -0.4 is 0 Å². The van der Waals surface area contributed by atoms with Crippen LogP contribution in [0, 0.1) is 80.9 Å². The molecule has 0 aromatic heterocycles. The summed E-state index contributed by atoms with van der Waals surface area (Å²) in [4.78, 5) is 68.8. The topological polar surface area (TPSA) is 382 Å². The molecule has 0 fully saturated rings. The highest BCUT2D eigenvalue weighted by atomic mass is 19.2. The maximum Gasteiger partial charge on any atom is 0.638 e. The van der Waals surface area contributed by atoms with Crippen molar-refractivity contribution >= 4 is 0 Å². The third-order valence-electron chi connectivity index (χ3n) is 4.29. The Morgan fingerprint density at radius 2 is 0.634 bits per heavy atom. The lowest BCUT2D eigenvalue weighted by molar-refractivity contribution is -0.845. The minimum atomic E-state index is -5.12. The molecule has 31 heteroatoms. The second-order valence-corrected chi connectivity index (χ2v) is 7.09. The fraction of sp³-hybridized carbons (Fsp3) is 1.00. The third-order valence-corrected chi connectivity index (χ3v) is 4.29. The molecule has 0 aromatic rings. The van der Waals surface area contributed by atoms with Crippen molar-refractivity contribution in [2.45, 2.75) is 36.5 Å². The largest absolute Gasteiger partial charge is 0.638 e. The molecule has 0 aliphatic rings. The summed E-state index contributed by atoms with van der Waals surface area (Å²) in [6, 6.07) is 0. The fourth-order valence-electron chi connectivity index (χ4n) is 1.70. The summed E-state index contributed by atoms with van der Waals surface area (Å²) in [6.07, 6.45) is -4.75. The Hall–Kier alpha value is -5.17. The molecule has 28 nitrogen and oxygen atoms in total. The van der Waals surface area contributed by atoms with Gasteiger partial charge in [0.15, 0.2) is 6.61 Å². The highest BCUT2D eigenvalue weighted by Gasteiger charge is 2.67. The summed E-state index contributed by atoms with van der Waals surface area (Å²) >= 11 is 0. The zero-order chi connectivity index (χ0) is 32.8. The molecule has 0 bridgehead atoms. The molecule has 0 aliphatic carbocycles. The van der Waals surface area contributed by atoms with Crippen molar-refractivity contribution in [2.75, 3.05) is 26.4 Å². The predicted molar refractivity (Wildman–Crippen MR) is 102 cm³/mol. The van der Waals surface area contributed by atoms with Gasteiger partial charge in [-0.15, -0.1) is 0 Å². The molecule has 0 atom stereocenters. The molecule has 0 unspecified atom stereocenters. The van der Waals surface area contributed by atoms with Crippen LogP contribution in [0.15, 0.2) is 0 Å². The van der Waals surface area contributed by atoms with E-state index in [-0.39, 0.29) is 6.92 Å². The van der Waals surface area contributed by atoms with E-state index in [0.717, 1.165) is 0 Å². The van der Waals surface area contributed by atoms with Gasteiger partial charge in [-0.2, -0.15) is 0 Å². The Balaban J connectivity index is 7.14. The molecule has 0 saturated carbocycles. The van der Waals surface area contributed by atoms with Crippen LogP contribution in [0.2, 0.25) is 0 Å². The molecule has 232 valence electrons. The van der Waals surface area contributed by atoms with E-state index in [0.29, 0.717) is 0 Å². The third kappa shape index (κ3) is 7.48. The smallest absolute Gasteiger partial charge is 0.288 e. The van der Waals surface area contributed by atoms with Gasteiger partial charge < -0.3 is 0 Å². The second-order valence-electron chi connectivity index (χ2n) is 7.09. The number of hydrogen-bond acceptors (Lipinski definition) is 20. The van der Waals surface area contributed by atoms with Crippen molar-refractivity contribution in [3.63, 3.8) is 0 Å². The molecule has 0 amide bonds. The Kier molecular flexibility index (Phi) is 10.8. The molecular weight excluding hydrogens is 609 g/mol. The number of hydrogen-bond donors (Lipinski definition) is 0. The molecule has 0 saturated heterocycles. The number of rotatable bonds is 20. The van der Waals surface area contributed by atoms with Crippen LogP contribution in [0.25, 0.3) is 0 Å². The standard InChI is InChI=1S/C10H11F3N8O20/c1-6(14(22)23,15(24)25)2-38-10(39-3-7(11,16(26)27)17(28)29,40-4-8(12,18(30)31)19(32)33)41-5-9(13,20(34)35)21(36)37/h2-5H2,1H3. The normalized spacial score (nSPS) is 12.8. The Labute approximate surface area is 216 Å². The molecule has 0 spiro atoms. The van der Waals surface area contributed by atoms with Crippen molar-refractivity contribution in [1.82, 2.24) is 0 Å². The van der Waals surface area contributed by atoms with E-state index in [4.69, 9.17) is 0 Å². The zero-order valence-electron chi connectivity index (χ0n) is 19.2. The van der Waals surface area contributed by atoms with Crippen molar-refractivity contribution in [3.8, 4) is 0 Å². The van der Waals surface area contributed by atoms with Crippen LogP contribution in [-0.4, -0.2) is 95.4 Å². The van der Waals surface area contributed by atoms with Gasteiger partial charge in [0, 0.05) is 0 Å². The van der Waals surface area contributed by atoms with E-state index in [1.807, 2.05) is 0 Å². The van der Waals surface area contributed by atoms with Crippen LogP contribution in [0.5, 0.6) is 0 Å². The number of nitrogens with zero attached hydrogens (tertiary/aromatic N) is 8. The molecular formula is C10H11F3N8O20. The first-order chi connectivity index (χ1) is 18.4. The summed E-state index contributed by atoms with van der Waals surface area (Å²) in [5.41, 5.74) is -3.71. The zero-order valence-corrected chi connectivity index (χ0v) is 19.2. The maximum absolute atomic E-state index is 14.3. The van der Waals surface area contributed by atoms with Gasteiger partial charge >= 0.3 is 29.6 Å². The first-order valence-corrected chi connectivity index (χ1v) is 9.16. The summed E-state index contributed by atoms with van der Waals surface area (Å²) in [7, 11) is 0. The lowest BCUT2D eigenvalue weighted by Crippen LogP contribution is -2.58. The molecule has 0 heterocycles. The van der Waals surface area contributed by atoms with Crippen molar-refractivity contribution < 1.29 is 71.5 Å². The van der Waals surface area contributed by atoms with E-state index in [1.165, 1.54) is 0 Å². The van der Waals surface area contributed by atoms with Crippen LogP contribution in [-0.2, 0) is 18.9 Å². The second kappa shape index (κ2) is 12.3. The van der Waals surface area contributed by atoms with Crippen LogP contribution in [0.1, 0.15) is 6.92 Å². The van der Waals surface area contributed by atoms with Gasteiger partial charge in [0.1, 0.15) is 39.4 Å². The van der Waals surface area contributed by atoms with E-state index >= 15 is 0 Å². The average molecular weight is 620 g/mol. The van der Waals surface area contributed by atoms with Crippen molar-refractivity contribution in [3.05, 3.63) is 80.9 Å². The van der Waals surface area contributed by atoms with Crippen LogP contribution in [0.4, 0.5) is 13.2 Å². The fourth-order valence-corrected chi connectivity index (χ4v) is 1.70. The first kappa shape index (κ1) is 35.8. The van der Waals surface area contributed by atoms with Gasteiger partial charge in [0.05, 0.1) is 6.92 Å². The summed E-state index contributed by atoms with van der Waals surface area (Å²) in [5.74, 6) is -15.3. The van der Waals surface area contributed by atoms with Crippen molar-refractivity contribution in [2.24, 2.45) is 0 Å². The summed E-state index contributed by atoms with van der Waals surface area (Å²) < 4.78 is 59.0. The molecule has 0 radical (unpaired) electrons. The maximum atomic E-state index is 14.3. The van der Waals surface area contributed by atoms with Crippen molar-refractivity contribution in [1.29, 1.82) is 0 Å². The van der Waals surface area contributed by atoms with E-state index in [1.54, 1.807) is 0 Å². The summed E-state index contributed by atoms with van der Waals surface area (Å²) in [6.45, 7) is -10.8. The predicted octanol–water partition coefficient (Wildman–Crippen LogP) is -1.54. The van der Waals surface area contributed by atoms with Crippen LogP contribution >= 0.6 is 0 Å². The quantitative estimate of drug-likeness (QED) is 0.0644. The van der Waals surface area contributed by atoms with Gasteiger partial charge in [0.25, 0.3) is 0 Å². The van der Waals surface area contributed by atoms with E-state index in [9.17, 15) is 94.1 Å². The molecule has 41 heavy (non-hydrogen) atoms. The molecule has 0 N–H and O–H groups in total. The minimum absolute atomic E-state index is 0.0479. The van der Waals surface area contributed by atoms with E-state index in [2.05, 4.69) is 18.9 Å². The number of alkyl halides is 3. The Morgan fingerprint density at radius 3 is 0.805 bits per heavy atom. The van der Waals surface area contributed by atoms with Gasteiger partial charge in [-0.05, 0) is 0 Å². The lowest BCUT2D eigenvalue weighted by atomic mass is 10.2. The average Bonchev–Trinajstić information content (AvgIpc) is 2.85. The van der Waals surface area contributed by atoms with Gasteiger partial charge in [-0.1, -0.05) is 13.2 Å².